The summed E-state index contributed by atoms with van der Waals surface area (Å²) in [6.07, 6.45) is 5.57. The standard InChI is InChI=1S/C15H15NO2/c1-4-7-10-8-6-9-12-13(10)11(5-2)14(17)16(3)15(12)18/h4-9H,1-3H3/b7-4-,11-5+. The maximum absolute atomic E-state index is 12.1. The molecule has 0 atom stereocenters. The minimum atomic E-state index is -0.244. The molecule has 1 heterocycles. The zero-order chi connectivity index (χ0) is 13.3. The molecule has 0 unspecified atom stereocenters. The SMILES string of the molecule is C/C=C\c1cccc2c1/C(=C\C)C(=O)N(C)C2=O. The van der Waals surface area contributed by atoms with E-state index in [1.165, 1.54) is 7.05 Å². The summed E-state index contributed by atoms with van der Waals surface area (Å²) in [5.41, 5.74) is 2.81. The number of carbonyl (C=O) groups excluding carboxylic acids is 2. The molecule has 92 valence electrons. The van der Waals surface area contributed by atoms with Crippen molar-refractivity contribution < 1.29 is 9.59 Å². The number of allylic oxidation sites excluding steroid dienone is 2. The van der Waals surface area contributed by atoms with Gasteiger partial charge in [0.2, 0.25) is 0 Å². The molecule has 0 N–H and O–H groups in total. The molecule has 1 aromatic carbocycles. The van der Waals surface area contributed by atoms with E-state index in [-0.39, 0.29) is 11.8 Å². The maximum atomic E-state index is 12.1. The third-order valence-corrected chi connectivity index (χ3v) is 3.07. The molecule has 0 fully saturated rings. The van der Waals surface area contributed by atoms with E-state index in [0.717, 1.165) is 16.0 Å². The van der Waals surface area contributed by atoms with Crippen LogP contribution in [0.4, 0.5) is 0 Å². The summed E-state index contributed by atoms with van der Waals surface area (Å²) < 4.78 is 0. The fourth-order valence-electron chi connectivity index (χ4n) is 2.20. The van der Waals surface area contributed by atoms with Gasteiger partial charge < -0.3 is 0 Å². The lowest BCUT2D eigenvalue weighted by Gasteiger charge is -2.26. The van der Waals surface area contributed by atoms with Crippen LogP contribution in [-0.2, 0) is 4.79 Å². The summed E-state index contributed by atoms with van der Waals surface area (Å²) in [4.78, 5) is 25.4. The minimum absolute atomic E-state index is 0.244. The average molecular weight is 241 g/mol. The Labute approximate surface area is 106 Å². The largest absolute Gasteiger partial charge is 0.277 e. The van der Waals surface area contributed by atoms with Crippen molar-refractivity contribution in [2.75, 3.05) is 7.05 Å². The fraction of sp³-hybridized carbons (Fsp3) is 0.200. The molecule has 0 radical (unpaired) electrons. The van der Waals surface area contributed by atoms with E-state index in [1.54, 1.807) is 12.1 Å². The van der Waals surface area contributed by atoms with Crippen LogP contribution < -0.4 is 0 Å². The first-order chi connectivity index (χ1) is 8.61. The normalized spacial score (nSPS) is 17.7. The molecular formula is C15H15NO2. The van der Waals surface area contributed by atoms with Crippen molar-refractivity contribution in [3.8, 4) is 0 Å². The molecule has 1 aromatic rings. The van der Waals surface area contributed by atoms with Crippen LogP contribution in [0.3, 0.4) is 0 Å². The number of nitrogens with zero attached hydrogens (tertiary/aromatic N) is 1. The molecule has 1 aliphatic rings. The van der Waals surface area contributed by atoms with E-state index < -0.39 is 0 Å². The third-order valence-electron chi connectivity index (χ3n) is 3.07. The molecule has 3 nitrogen and oxygen atoms in total. The number of fused-ring (bicyclic) bond motifs is 1. The number of likely N-dealkylation sites (N-methyl/N-ethyl adjacent to an activating group) is 1. The smallest absolute Gasteiger partial charge is 0.261 e. The van der Waals surface area contributed by atoms with Gasteiger partial charge in [-0.2, -0.15) is 0 Å². The molecule has 2 rings (SSSR count). The average Bonchev–Trinajstić information content (AvgIpc) is 2.38. The monoisotopic (exact) mass is 241 g/mol. The Morgan fingerprint density at radius 3 is 2.44 bits per heavy atom. The van der Waals surface area contributed by atoms with Gasteiger partial charge in [0.05, 0.1) is 0 Å². The van der Waals surface area contributed by atoms with Crippen LogP contribution in [0, 0.1) is 0 Å². The number of rotatable bonds is 1. The Bertz CT molecular complexity index is 582. The highest BCUT2D eigenvalue weighted by molar-refractivity contribution is 6.31. The first-order valence-corrected chi connectivity index (χ1v) is 5.86. The fourth-order valence-corrected chi connectivity index (χ4v) is 2.20. The van der Waals surface area contributed by atoms with Gasteiger partial charge in [0.15, 0.2) is 0 Å². The van der Waals surface area contributed by atoms with Gasteiger partial charge in [0.25, 0.3) is 11.8 Å². The van der Waals surface area contributed by atoms with E-state index in [9.17, 15) is 9.59 Å². The number of hydrogen-bond acceptors (Lipinski definition) is 2. The highest BCUT2D eigenvalue weighted by atomic mass is 16.2. The molecular weight excluding hydrogens is 226 g/mol. The van der Waals surface area contributed by atoms with Crippen LogP contribution in [0.5, 0.6) is 0 Å². The zero-order valence-electron chi connectivity index (χ0n) is 10.7. The Morgan fingerprint density at radius 2 is 1.83 bits per heavy atom. The first-order valence-electron chi connectivity index (χ1n) is 5.86. The van der Waals surface area contributed by atoms with Crippen molar-refractivity contribution >= 4 is 23.5 Å². The van der Waals surface area contributed by atoms with E-state index in [2.05, 4.69) is 0 Å². The molecule has 0 saturated carbocycles. The molecule has 0 bridgehead atoms. The van der Waals surface area contributed by atoms with E-state index in [4.69, 9.17) is 0 Å². The Balaban J connectivity index is 2.79. The predicted octanol–water partition coefficient (Wildman–Crippen LogP) is 2.74. The van der Waals surface area contributed by atoms with Gasteiger partial charge in [0, 0.05) is 23.7 Å². The second-order valence-electron chi connectivity index (χ2n) is 4.14. The van der Waals surface area contributed by atoms with Gasteiger partial charge in [-0.1, -0.05) is 30.4 Å². The van der Waals surface area contributed by atoms with E-state index in [0.29, 0.717) is 11.1 Å². The first kappa shape index (κ1) is 12.3. The van der Waals surface area contributed by atoms with Gasteiger partial charge in [-0.25, -0.2) is 0 Å². The molecule has 1 aliphatic heterocycles. The maximum Gasteiger partial charge on any atom is 0.261 e. The number of hydrogen-bond donors (Lipinski definition) is 0. The highest BCUT2D eigenvalue weighted by Gasteiger charge is 2.32. The molecule has 2 amide bonds. The molecule has 0 spiro atoms. The van der Waals surface area contributed by atoms with Crippen molar-refractivity contribution in [2.24, 2.45) is 0 Å². The lowest BCUT2D eigenvalue weighted by molar-refractivity contribution is -0.121. The van der Waals surface area contributed by atoms with E-state index >= 15 is 0 Å². The van der Waals surface area contributed by atoms with Crippen LogP contribution >= 0.6 is 0 Å². The third kappa shape index (κ3) is 1.68. The second kappa shape index (κ2) is 4.61. The van der Waals surface area contributed by atoms with Crippen molar-refractivity contribution in [3.63, 3.8) is 0 Å². The molecule has 0 aromatic heterocycles. The lowest BCUT2D eigenvalue weighted by Crippen LogP contribution is -2.38. The molecule has 3 heteroatoms. The zero-order valence-corrected chi connectivity index (χ0v) is 10.7. The summed E-state index contributed by atoms with van der Waals surface area (Å²) in [6.45, 7) is 3.72. The Kier molecular flexibility index (Phi) is 3.15. The van der Waals surface area contributed by atoms with Crippen molar-refractivity contribution in [1.29, 1.82) is 0 Å². The minimum Gasteiger partial charge on any atom is -0.277 e. The van der Waals surface area contributed by atoms with E-state index in [1.807, 2.05) is 38.1 Å². The van der Waals surface area contributed by atoms with Crippen molar-refractivity contribution in [2.45, 2.75) is 13.8 Å². The van der Waals surface area contributed by atoms with Crippen LogP contribution in [0.1, 0.15) is 35.3 Å². The summed E-state index contributed by atoms with van der Waals surface area (Å²) >= 11 is 0. The predicted molar refractivity (Wildman–Crippen MR) is 71.9 cm³/mol. The van der Waals surface area contributed by atoms with Gasteiger partial charge in [-0.3, -0.25) is 14.5 Å². The van der Waals surface area contributed by atoms with Crippen LogP contribution in [0.15, 0.2) is 30.4 Å². The quantitative estimate of drug-likeness (QED) is 0.560. The molecule has 0 aliphatic carbocycles. The summed E-state index contributed by atoms with van der Waals surface area (Å²) in [7, 11) is 1.51. The van der Waals surface area contributed by atoms with Crippen molar-refractivity contribution in [3.05, 3.63) is 47.0 Å². The van der Waals surface area contributed by atoms with Crippen LogP contribution in [0.2, 0.25) is 0 Å². The topological polar surface area (TPSA) is 37.4 Å². The Morgan fingerprint density at radius 1 is 1.11 bits per heavy atom. The second-order valence-corrected chi connectivity index (χ2v) is 4.14. The van der Waals surface area contributed by atoms with Gasteiger partial charge in [-0.05, 0) is 25.5 Å². The number of amides is 2. The summed E-state index contributed by atoms with van der Waals surface area (Å²) in [6, 6.07) is 5.51. The summed E-state index contributed by atoms with van der Waals surface area (Å²) in [5, 5.41) is 0. The molecule has 0 saturated heterocycles. The number of imide groups is 1. The van der Waals surface area contributed by atoms with Crippen molar-refractivity contribution in [1.82, 2.24) is 4.90 Å². The molecule has 18 heavy (non-hydrogen) atoms. The highest BCUT2D eigenvalue weighted by Crippen LogP contribution is 2.31. The van der Waals surface area contributed by atoms with Crippen LogP contribution in [0.25, 0.3) is 11.6 Å². The number of benzene rings is 1. The lowest BCUT2D eigenvalue weighted by atomic mass is 9.89. The van der Waals surface area contributed by atoms with Gasteiger partial charge in [0.1, 0.15) is 0 Å². The van der Waals surface area contributed by atoms with Crippen LogP contribution in [-0.4, -0.2) is 23.8 Å². The van der Waals surface area contributed by atoms with Gasteiger partial charge in [-0.15, -0.1) is 0 Å². The van der Waals surface area contributed by atoms with Gasteiger partial charge >= 0.3 is 0 Å². The number of carbonyl (C=O) groups is 2. The Hall–Kier alpha value is -2.16. The summed E-state index contributed by atoms with van der Waals surface area (Å²) in [5.74, 6) is -0.487.